The van der Waals surface area contributed by atoms with Crippen molar-refractivity contribution in [2.24, 2.45) is 5.73 Å². The highest BCUT2D eigenvalue weighted by molar-refractivity contribution is 9.09. The summed E-state index contributed by atoms with van der Waals surface area (Å²) in [5, 5.41) is 2.80. The summed E-state index contributed by atoms with van der Waals surface area (Å²) in [5.41, 5.74) is 6.81. The van der Waals surface area contributed by atoms with Gasteiger partial charge in [0.1, 0.15) is 0 Å². The first-order valence-corrected chi connectivity index (χ1v) is 5.43. The van der Waals surface area contributed by atoms with Crippen molar-refractivity contribution in [3.8, 4) is 0 Å². The fourth-order valence-corrected chi connectivity index (χ4v) is 1.35. The molecule has 0 atom stereocenters. The summed E-state index contributed by atoms with van der Waals surface area (Å²) in [7, 11) is 0. The number of aryl methyl sites for hydroxylation is 1. The summed E-state index contributed by atoms with van der Waals surface area (Å²) in [4.78, 5) is 22.3. The molecule has 0 aliphatic rings. The van der Waals surface area contributed by atoms with E-state index in [0.29, 0.717) is 11.3 Å². The number of hydrogen-bond acceptors (Lipinski definition) is 2. The van der Waals surface area contributed by atoms with Crippen LogP contribution in [0.5, 0.6) is 0 Å². The monoisotopic (exact) mass is 270 g/mol. The summed E-state index contributed by atoms with van der Waals surface area (Å²) in [6, 6.07) is 5.11. The van der Waals surface area contributed by atoms with Gasteiger partial charge >= 0.3 is 0 Å². The fourth-order valence-electron chi connectivity index (χ4n) is 1.21. The molecule has 1 aromatic carbocycles. The second kappa shape index (κ2) is 4.93. The molecule has 0 aliphatic heterocycles. The molecular formula is C10H11BrN2O2. The number of anilines is 1. The first-order chi connectivity index (χ1) is 7.06. The summed E-state index contributed by atoms with van der Waals surface area (Å²) in [5.74, 6) is -0.768. The molecule has 15 heavy (non-hydrogen) atoms. The maximum Gasteiger partial charge on any atom is 0.250 e. The lowest BCUT2D eigenvalue weighted by Crippen LogP contribution is -2.19. The third kappa shape index (κ3) is 2.79. The summed E-state index contributed by atoms with van der Waals surface area (Å²) < 4.78 is 0. The topological polar surface area (TPSA) is 72.2 Å². The van der Waals surface area contributed by atoms with Crippen molar-refractivity contribution in [3.63, 3.8) is 0 Å². The molecule has 0 heterocycles. The zero-order valence-electron chi connectivity index (χ0n) is 8.21. The number of rotatable bonds is 3. The van der Waals surface area contributed by atoms with Gasteiger partial charge in [-0.3, -0.25) is 9.59 Å². The molecule has 0 saturated carbocycles. The minimum absolute atomic E-state index is 0.180. The van der Waals surface area contributed by atoms with E-state index in [9.17, 15) is 9.59 Å². The zero-order chi connectivity index (χ0) is 11.4. The van der Waals surface area contributed by atoms with E-state index in [1.165, 1.54) is 0 Å². The van der Waals surface area contributed by atoms with E-state index >= 15 is 0 Å². The predicted octanol–water partition coefficient (Wildman–Crippen LogP) is 1.43. The van der Waals surface area contributed by atoms with E-state index in [4.69, 9.17) is 5.73 Å². The number of halogens is 1. The normalized spacial score (nSPS) is 9.73. The number of alkyl halides is 1. The highest BCUT2D eigenvalue weighted by Crippen LogP contribution is 2.20. The molecule has 0 aromatic heterocycles. The van der Waals surface area contributed by atoms with Crippen molar-refractivity contribution in [2.75, 3.05) is 10.6 Å². The quantitative estimate of drug-likeness (QED) is 0.816. The van der Waals surface area contributed by atoms with Crippen molar-refractivity contribution in [2.45, 2.75) is 6.92 Å². The van der Waals surface area contributed by atoms with Gasteiger partial charge in [0.2, 0.25) is 5.91 Å². The molecule has 80 valence electrons. The number of carbonyl (C=O) groups excluding carboxylic acids is 2. The van der Waals surface area contributed by atoms with Gasteiger partial charge in [-0.25, -0.2) is 0 Å². The Bertz CT molecular complexity index is 404. The Hall–Kier alpha value is -1.36. The highest BCUT2D eigenvalue weighted by Gasteiger charge is 2.11. The lowest BCUT2D eigenvalue weighted by Gasteiger charge is -2.10. The minimum atomic E-state index is -0.552. The molecular weight excluding hydrogens is 260 g/mol. The van der Waals surface area contributed by atoms with Crippen molar-refractivity contribution in [1.29, 1.82) is 0 Å². The average Bonchev–Trinajstić information content (AvgIpc) is 2.20. The second-order valence-corrected chi connectivity index (χ2v) is 3.60. The Morgan fingerprint density at radius 3 is 2.67 bits per heavy atom. The van der Waals surface area contributed by atoms with Crippen molar-refractivity contribution in [3.05, 3.63) is 29.3 Å². The Kier molecular flexibility index (Phi) is 3.85. The van der Waals surface area contributed by atoms with Gasteiger partial charge in [-0.2, -0.15) is 0 Å². The summed E-state index contributed by atoms with van der Waals surface area (Å²) >= 11 is 3.03. The van der Waals surface area contributed by atoms with Crippen LogP contribution in [0.3, 0.4) is 0 Å². The Morgan fingerprint density at radius 2 is 2.13 bits per heavy atom. The maximum atomic E-state index is 11.2. The third-order valence-electron chi connectivity index (χ3n) is 1.92. The lowest BCUT2D eigenvalue weighted by molar-refractivity contribution is -0.113. The van der Waals surface area contributed by atoms with Crippen LogP contribution in [0, 0.1) is 6.92 Å². The predicted molar refractivity (Wildman–Crippen MR) is 62.1 cm³/mol. The third-order valence-corrected chi connectivity index (χ3v) is 2.43. The molecule has 0 unspecified atom stereocenters. The number of benzene rings is 1. The molecule has 4 nitrogen and oxygen atoms in total. The van der Waals surface area contributed by atoms with Gasteiger partial charge in [0.05, 0.1) is 16.6 Å². The van der Waals surface area contributed by atoms with Crippen LogP contribution in [0.1, 0.15) is 15.9 Å². The standard InChI is InChI=1S/C10H11BrN2O2/c1-6-3-2-4-7(10(12)15)9(6)13-8(14)5-11/h2-4H,5H2,1H3,(H2,12,15)(H,13,14). The molecule has 3 N–H and O–H groups in total. The number of para-hydroxylation sites is 1. The van der Waals surface area contributed by atoms with Crippen molar-refractivity contribution < 1.29 is 9.59 Å². The number of nitrogens with two attached hydrogens (primary N) is 1. The molecule has 0 saturated heterocycles. The fraction of sp³-hybridized carbons (Fsp3) is 0.200. The van der Waals surface area contributed by atoms with Crippen LogP contribution in [0.25, 0.3) is 0 Å². The average molecular weight is 271 g/mol. The van der Waals surface area contributed by atoms with E-state index in [-0.39, 0.29) is 11.2 Å². The van der Waals surface area contributed by atoms with E-state index in [0.717, 1.165) is 5.56 Å². The van der Waals surface area contributed by atoms with E-state index in [1.807, 2.05) is 0 Å². The van der Waals surface area contributed by atoms with E-state index < -0.39 is 5.91 Å². The Balaban J connectivity index is 3.13. The van der Waals surface area contributed by atoms with Gasteiger partial charge in [-0.05, 0) is 18.6 Å². The van der Waals surface area contributed by atoms with Crippen molar-refractivity contribution in [1.82, 2.24) is 0 Å². The number of hydrogen-bond donors (Lipinski definition) is 2. The smallest absolute Gasteiger partial charge is 0.250 e. The number of primary amides is 1. The van der Waals surface area contributed by atoms with Crippen LogP contribution in [0.4, 0.5) is 5.69 Å². The lowest BCUT2D eigenvalue weighted by atomic mass is 10.1. The first kappa shape index (κ1) is 11.7. The summed E-state index contributed by atoms with van der Waals surface area (Å²) in [6.07, 6.45) is 0. The van der Waals surface area contributed by atoms with Gasteiger partial charge in [-0.1, -0.05) is 28.1 Å². The van der Waals surface area contributed by atoms with Gasteiger partial charge < -0.3 is 11.1 Å². The van der Waals surface area contributed by atoms with Crippen LogP contribution in [-0.4, -0.2) is 17.1 Å². The van der Waals surface area contributed by atoms with E-state index in [2.05, 4.69) is 21.2 Å². The van der Waals surface area contributed by atoms with E-state index in [1.54, 1.807) is 25.1 Å². The maximum absolute atomic E-state index is 11.2. The Labute approximate surface area is 96.0 Å². The highest BCUT2D eigenvalue weighted by atomic mass is 79.9. The molecule has 5 heteroatoms. The number of carbonyl (C=O) groups is 2. The molecule has 0 aliphatic carbocycles. The van der Waals surface area contributed by atoms with Crippen LogP contribution in [-0.2, 0) is 4.79 Å². The molecule has 1 aromatic rings. The van der Waals surface area contributed by atoms with Crippen molar-refractivity contribution >= 4 is 33.4 Å². The summed E-state index contributed by atoms with van der Waals surface area (Å²) in [6.45, 7) is 1.80. The molecule has 0 radical (unpaired) electrons. The van der Waals surface area contributed by atoms with Crippen LogP contribution in [0.15, 0.2) is 18.2 Å². The zero-order valence-corrected chi connectivity index (χ0v) is 9.80. The molecule has 1 rings (SSSR count). The minimum Gasteiger partial charge on any atom is -0.366 e. The number of amides is 2. The molecule has 0 fully saturated rings. The second-order valence-electron chi connectivity index (χ2n) is 3.04. The molecule has 0 spiro atoms. The van der Waals surface area contributed by atoms with Gasteiger partial charge in [0, 0.05) is 0 Å². The Morgan fingerprint density at radius 1 is 1.47 bits per heavy atom. The van der Waals surface area contributed by atoms with Gasteiger partial charge in [0.15, 0.2) is 0 Å². The van der Waals surface area contributed by atoms with Crippen LogP contribution >= 0.6 is 15.9 Å². The van der Waals surface area contributed by atoms with Crippen LogP contribution in [0.2, 0.25) is 0 Å². The van der Waals surface area contributed by atoms with Crippen LogP contribution < -0.4 is 11.1 Å². The van der Waals surface area contributed by atoms with Gasteiger partial charge in [-0.15, -0.1) is 0 Å². The number of nitrogens with one attached hydrogen (secondary N) is 1. The van der Waals surface area contributed by atoms with Gasteiger partial charge in [0.25, 0.3) is 5.91 Å². The SMILES string of the molecule is Cc1cccc(C(N)=O)c1NC(=O)CBr. The molecule has 2 amide bonds. The largest absolute Gasteiger partial charge is 0.366 e. The first-order valence-electron chi connectivity index (χ1n) is 4.31. The molecule has 0 bridgehead atoms.